The average molecular weight is 1670 g/mol. The van der Waals surface area contributed by atoms with Crippen LogP contribution in [0.25, 0.3) is 43.6 Å². The lowest BCUT2D eigenvalue weighted by atomic mass is 10.1. The number of nitrogens with one attached hydrogen (secondary N) is 4. The Morgan fingerprint density at radius 3 is 0.566 bits per heavy atom. The van der Waals surface area contributed by atoms with E-state index in [0.717, 1.165) is 148 Å². The molecule has 4 saturated heterocycles. The first-order valence-electron chi connectivity index (χ1n) is 38.3. The number of carboxylic acids is 8. The van der Waals surface area contributed by atoms with E-state index in [1.165, 1.54) is 22.7 Å². The van der Waals surface area contributed by atoms with E-state index in [0.29, 0.717) is 22.3 Å². The van der Waals surface area contributed by atoms with Crippen molar-refractivity contribution >= 4 is 138 Å². The molecular weight excluding hydrogens is 1580 g/mol. The molecule has 122 heavy (non-hydrogen) atoms. The standard InChI is InChI=1S/4C20H21N3O.4C2H2O4.2H2O/c4*1-21-12-14-22(15-13-21)18-8-5-9-19-17(18)10-11-23(19)20(24)16-6-3-2-4-7-16;4*3-1(4)2(5)6;;/h4*2-11H,12-15H2,1H3;4*(H,3,4)(H,5,6);2*1H2. The van der Waals surface area contributed by atoms with Gasteiger partial charge in [0, 0.05) is 91.3 Å². The Morgan fingerprint density at radius 2 is 0.418 bits per heavy atom. The molecule has 0 bridgehead atoms. The number of anilines is 4. The third-order valence-corrected chi connectivity index (χ3v) is 20.3. The van der Waals surface area contributed by atoms with Crippen LogP contribution in [0.4, 0.5) is 22.7 Å². The molecule has 0 saturated carbocycles. The molecule has 4 aliphatic rings. The number of aliphatic carboxylic acids is 8. The van der Waals surface area contributed by atoms with Gasteiger partial charge in [0.2, 0.25) is 0 Å². The van der Waals surface area contributed by atoms with E-state index >= 15 is 0 Å². The lowest BCUT2D eigenvalue weighted by molar-refractivity contribution is -0.880. The fourth-order valence-electron chi connectivity index (χ4n) is 13.8. The van der Waals surface area contributed by atoms with Crippen molar-refractivity contribution in [2.24, 2.45) is 0 Å². The van der Waals surface area contributed by atoms with Crippen LogP contribution in [0.2, 0.25) is 0 Å². The van der Waals surface area contributed by atoms with Crippen molar-refractivity contribution in [1.82, 2.24) is 18.3 Å². The van der Waals surface area contributed by atoms with Crippen LogP contribution in [0, 0.1) is 0 Å². The molecule has 0 aliphatic carbocycles. The van der Waals surface area contributed by atoms with Crippen molar-refractivity contribution in [1.29, 1.82) is 0 Å². The van der Waals surface area contributed by atoms with E-state index < -0.39 is 47.8 Å². The molecule has 0 amide bonds. The first-order valence-corrected chi connectivity index (χ1v) is 38.3. The van der Waals surface area contributed by atoms with Crippen LogP contribution in [-0.2, 0) is 38.4 Å². The smallest absolute Gasteiger partial charge is 0.414 e. The highest BCUT2D eigenvalue weighted by molar-refractivity contribution is 6.28. The average Bonchev–Trinajstić information content (AvgIpc) is 1.64. The number of hydrogen-bond donors (Lipinski definition) is 8. The number of nitrogens with zero attached hydrogens (tertiary/aromatic N) is 8. The zero-order chi connectivity index (χ0) is 86.7. The number of piperazine rings is 4. The second-order valence-corrected chi connectivity index (χ2v) is 28.4. The minimum absolute atomic E-state index is 0. The van der Waals surface area contributed by atoms with E-state index in [1.807, 2.05) is 170 Å². The maximum Gasteiger partial charge on any atom is 0.414 e. The summed E-state index contributed by atoms with van der Waals surface area (Å²) in [7, 11) is 8.97. The number of quaternary nitrogens is 4. The summed E-state index contributed by atoms with van der Waals surface area (Å²) >= 11 is 0. The molecule has 4 aromatic heterocycles. The molecule has 8 aromatic carbocycles. The van der Waals surface area contributed by atoms with Crippen molar-refractivity contribution in [2.45, 2.75) is 0 Å². The molecule has 0 atom stereocenters. The van der Waals surface area contributed by atoms with Gasteiger partial charge in [0.15, 0.2) is 11.9 Å². The third-order valence-electron chi connectivity index (χ3n) is 20.3. The van der Waals surface area contributed by atoms with Gasteiger partial charge in [0.25, 0.3) is 23.6 Å². The topological polar surface area (TPSA) is 491 Å². The Balaban J connectivity index is 0.000000204. The summed E-state index contributed by atoms with van der Waals surface area (Å²) in [6, 6.07) is 71.1. The lowest BCUT2D eigenvalue weighted by Crippen LogP contribution is -3.12. The van der Waals surface area contributed by atoms with Crippen LogP contribution in [0.5, 0.6) is 0 Å². The van der Waals surface area contributed by atoms with Crippen LogP contribution in [0.1, 0.15) is 41.4 Å². The van der Waals surface area contributed by atoms with Gasteiger partial charge >= 0.3 is 23.9 Å². The van der Waals surface area contributed by atoms with E-state index in [-0.39, 0.29) is 34.6 Å². The van der Waals surface area contributed by atoms with Crippen molar-refractivity contribution in [2.75, 3.05) is 153 Å². The third kappa shape index (κ3) is 25.2. The summed E-state index contributed by atoms with van der Waals surface area (Å²) in [6.07, 6.45) is 7.57. The van der Waals surface area contributed by atoms with E-state index in [1.54, 1.807) is 37.9 Å². The normalized spacial score (nSPS) is 13.9. The highest BCUT2D eigenvalue weighted by Gasteiger charge is 2.26. The van der Waals surface area contributed by atoms with Gasteiger partial charge in [-0.2, -0.15) is 0 Å². The Labute approximate surface area is 699 Å². The molecule has 4 aliphatic heterocycles. The van der Waals surface area contributed by atoms with Gasteiger partial charge in [-0.25, -0.2) is 19.2 Å². The maximum atomic E-state index is 12.8. The summed E-state index contributed by atoms with van der Waals surface area (Å²) in [5.74, 6) is -16.0. The van der Waals surface area contributed by atoms with Crippen LogP contribution in [0.15, 0.2) is 243 Å². The molecule has 0 radical (unpaired) electrons. The van der Waals surface area contributed by atoms with Gasteiger partial charge in [-0.1, -0.05) is 97.1 Å². The van der Waals surface area contributed by atoms with Crippen LogP contribution in [0.3, 0.4) is 0 Å². The number of carbonyl (C=O) groups is 12. The molecule has 640 valence electrons. The first-order chi connectivity index (χ1) is 57.5. The molecule has 34 heteroatoms. The highest BCUT2D eigenvalue weighted by Crippen LogP contribution is 2.33. The van der Waals surface area contributed by atoms with Crippen molar-refractivity contribution < 1.29 is 129 Å². The molecule has 12 N–H and O–H groups in total. The minimum atomic E-state index is -2.19. The van der Waals surface area contributed by atoms with E-state index in [9.17, 15) is 19.2 Å². The molecule has 34 nitrogen and oxygen atoms in total. The predicted molar refractivity (Wildman–Crippen MR) is 446 cm³/mol. The number of aromatic nitrogens is 4. The first kappa shape index (κ1) is 94.5. The van der Waals surface area contributed by atoms with Crippen LogP contribution in [-0.4, -0.2) is 254 Å². The number of fused-ring (bicyclic) bond motifs is 4. The number of likely N-dealkylation sites (N-methyl/N-ethyl adjacent to an activating group) is 4. The maximum absolute atomic E-state index is 12.8. The Kier molecular flexibility index (Phi) is 35.1. The monoisotopic (exact) mass is 1670 g/mol. The number of carbonyl (C=O) groups excluding carboxylic acids is 8. The summed E-state index contributed by atoms with van der Waals surface area (Å²) < 4.78 is 7.04. The molecule has 16 rings (SSSR count). The van der Waals surface area contributed by atoms with Gasteiger partial charge in [0.05, 0.1) is 167 Å². The van der Waals surface area contributed by atoms with Gasteiger partial charge in [-0.15, -0.1) is 0 Å². The minimum Gasteiger partial charge on any atom is -0.543 e. The quantitative estimate of drug-likeness (QED) is 0.0679. The van der Waals surface area contributed by atoms with Crippen molar-refractivity contribution in [3.05, 3.63) is 265 Å². The lowest BCUT2D eigenvalue weighted by Gasteiger charge is -2.32. The van der Waals surface area contributed by atoms with Gasteiger partial charge in [-0.05, 0) is 121 Å². The summed E-state index contributed by atoms with van der Waals surface area (Å²) in [5, 5.41) is 69.9. The van der Waals surface area contributed by atoms with Crippen LogP contribution >= 0.6 is 0 Å². The predicted octanol–water partition coefficient (Wildman–Crippen LogP) is -3.71. The Hall–Kier alpha value is -14.7. The van der Waals surface area contributed by atoms with Crippen molar-refractivity contribution in [3.8, 4) is 0 Å². The highest BCUT2D eigenvalue weighted by atomic mass is 16.5. The second kappa shape index (κ2) is 45.3. The summed E-state index contributed by atoms with van der Waals surface area (Å²) in [6.45, 7) is 17.7. The SMILES string of the molecule is C[NH+]1CCN(c2cccc3c2ccn3C(=O)c2ccccc2)CC1.C[NH+]1CCN(c2cccc3c2ccn3C(=O)c2ccccc2)CC1.C[NH+]1CCN(c2cccc3c2ccn3C(=O)c2ccccc2)CC1.C[NH+]1CCN(c2cccc3c2ccn3C(=O)c2ccccc2)CC1.O.O.O=C(O)C(=O)O.O=C([O-])C(=O)O.O=C([O-])C(=O)O.O=C([O-])C(=O)[O-]. The van der Waals surface area contributed by atoms with Gasteiger partial charge < -0.3 is 110 Å². The molecule has 12 aromatic rings. The van der Waals surface area contributed by atoms with Crippen LogP contribution < -0.4 is 59.6 Å². The fourth-order valence-corrected chi connectivity index (χ4v) is 13.8. The molecule has 0 unspecified atom stereocenters. The largest absolute Gasteiger partial charge is 0.543 e. The summed E-state index contributed by atoms with van der Waals surface area (Å²) in [5.41, 5.74) is 11.7. The number of hydrogen-bond acceptors (Lipinski definition) is 20. The molecule has 8 heterocycles. The Morgan fingerprint density at radius 1 is 0.246 bits per heavy atom. The fraction of sp³-hybridized carbons (Fsp3) is 0.227. The molecular formula is C88H96N12O22. The number of carboxylic acid groups (broad SMARTS) is 8. The molecule has 0 spiro atoms. The summed E-state index contributed by atoms with van der Waals surface area (Å²) in [4.78, 5) is 139. The van der Waals surface area contributed by atoms with Crippen molar-refractivity contribution in [3.63, 3.8) is 0 Å². The van der Waals surface area contributed by atoms with E-state index in [2.05, 4.69) is 121 Å². The van der Waals surface area contributed by atoms with E-state index in [4.69, 9.17) is 79.2 Å². The number of benzene rings is 8. The zero-order valence-electron chi connectivity index (χ0n) is 67.3. The van der Waals surface area contributed by atoms with Gasteiger partial charge in [-0.3, -0.25) is 37.4 Å². The number of rotatable bonds is 8. The zero-order valence-corrected chi connectivity index (χ0v) is 67.3. The second-order valence-electron chi connectivity index (χ2n) is 28.4. The Bertz CT molecular complexity index is 4860. The van der Waals surface area contributed by atoms with Gasteiger partial charge in [0.1, 0.15) is 0 Å². The molecule has 4 fully saturated rings.